The van der Waals surface area contributed by atoms with Crippen LogP contribution in [0, 0.1) is 5.92 Å². The Balaban J connectivity index is 5.39. The number of esters is 3. The Kier molecular flexibility index (Phi) is 10.2. The summed E-state index contributed by atoms with van der Waals surface area (Å²) in [5, 5.41) is 0. The zero-order valence-electron chi connectivity index (χ0n) is 16.6. The summed E-state index contributed by atoms with van der Waals surface area (Å²) in [7, 11) is 1.20. The molecule has 0 bridgehead atoms. The molecule has 0 aromatic rings. The number of ketones is 2. The molecule has 8 nitrogen and oxygen atoms in total. The molecule has 0 rings (SSSR count). The molecular weight excluding hydrogens is 356 g/mol. The molecule has 0 heterocycles. The quantitative estimate of drug-likeness (QED) is 0.217. The summed E-state index contributed by atoms with van der Waals surface area (Å²) >= 11 is 0. The first-order valence-electron chi connectivity index (χ1n) is 8.56. The van der Waals surface area contributed by atoms with Gasteiger partial charge in [-0.05, 0) is 19.8 Å². The van der Waals surface area contributed by atoms with Crippen molar-refractivity contribution in [2.75, 3.05) is 13.7 Å². The van der Waals surface area contributed by atoms with Gasteiger partial charge in [0.1, 0.15) is 30.0 Å². The van der Waals surface area contributed by atoms with Gasteiger partial charge in [0.25, 0.3) is 0 Å². The molecule has 0 aliphatic rings. The first kappa shape index (κ1) is 24.5. The topological polar surface area (TPSA) is 113 Å². The fraction of sp³-hybridized carbons (Fsp3) is 0.632. The second-order valence-corrected chi connectivity index (χ2v) is 6.69. The van der Waals surface area contributed by atoms with E-state index in [-0.39, 0.29) is 48.9 Å². The van der Waals surface area contributed by atoms with Gasteiger partial charge in [0, 0.05) is 18.4 Å². The van der Waals surface area contributed by atoms with Crippen molar-refractivity contribution in [3.63, 3.8) is 0 Å². The molecule has 0 aromatic heterocycles. The summed E-state index contributed by atoms with van der Waals surface area (Å²) in [4.78, 5) is 57.6. The Morgan fingerprint density at radius 1 is 0.963 bits per heavy atom. The molecular formula is C19H28O8. The first-order chi connectivity index (χ1) is 12.4. The predicted molar refractivity (Wildman–Crippen MR) is 95.6 cm³/mol. The third-order valence-corrected chi connectivity index (χ3v) is 3.93. The zero-order valence-corrected chi connectivity index (χ0v) is 16.6. The predicted octanol–water partition coefficient (Wildman–Crippen LogP) is 1.94. The molecule has 1 unspecified atom stereocenters. The van der Waals surface area contributed by atoms with Crippen LogP contribution in [0.1, 0.15) is 53.4 Å². The molecule has 0 aliphatic heterocycles. The lowest BCUT2D eigenvalue weighted by Gasteiger charge is -2.37. The number of methoxy groups -OCH3 is 1. The van der Waals surface area contributed by atoms with Crippen molar-refractivity contribution in [1.82, 2.24) is 0 Å². The van der Waals surface area contributed by atoms with Gasteiger partial charge in [-0.15, -0.1) is 0 Å². The van der Waals surface area contributed by atoms with Crippen LogP contribution in [-0.4, -0.2) is 48.8 Å². The molecule has 27 heavy (non-hydrogen) atoms. The van der Waals surface area contributed by atoms with Gasteiger partial charge in [-0.2, -0.15) is 0 Å². The van der Waals surface area contributed by atoms with Crippen LogP contribution in [0.5, 0.6) is 0 Å². The molecule has 0 spiro atoms. The van der Waals surface area contributed by atoms with Crippen molar-refractivity contribution in [2.45, 2.75) is 59.0 Å². The molecule has 0 N–H and O–H groups in total. The number of carbonyl (C=O) groups is 5. The monoisotopic (exact) mass is 384 g/mol. The van der Waals surface area contributed by atoms with Gasteiger partial charge < -0.3 is 14.2 Å². The average molecular weight is 384 g/mol. The van der Waals surface area contributed by atoms with Crippen LogP contribution in [0.4, 0.5) is 0 Å². The smallest absolute Gasteiger partial charge is 0.333 e. The van der Waals surface area contributed by atoms with Gasteiger partial charge in [-0.1, -0.05) is 20.4 Å². The van der Waals surface area contributed by atoms with Crippen molar-refractivity contribution in [3.8, 4) is 0 Å². The molecule has 8 heteroatoms. The van der Waals surface area contributed by atoms with Crippen LogP contribution < -0.4 is 0 Å². The molecule has 0 aliphatic carbocycles. The van der Waals surface area contributed by atoms with Crippen LogP contribution in [0.2, 0.25) is 0 Å². The molecule has 152 valence electrons. The van der Waals surface area contributed by atoms with Crippen molar-refractivity contribution in [1.29, 1.82) is 0 Å². The second-order valence-electron chi connectivity index (χ2n) is 6.69. The lowest BCUT2D eigenvalue weighted by atomic mass is 9.81. The zero-order chi connectivity index (χ0) is 21.2. The summed E-state index contributed by atoms with van der Waals surface area (Å²) in [6, 6.07) is 0. The highest BCUT2D eigenvalue weighted by atomic mass is 16.6. The fourth-order valence-corrected chi connectivity index (χ4v) is 2.42. The van der Waals surface area contributed by atoms with Gasteiger partial charge in [-0.25, -0.2) is 4.79 Å². The third-order valence-electron chi connectivity index (χ3n) is 3.93. The van der Waals surface area contributed by atoms with Crippen molar-refractivity contribution >= 4 is 29.5 Å². The standard InChI is InChI=1S/C19H28O8/c1-12(2)19(11-13(3)18(24)25-6,27-17(23)10-15(5)21)7-8-26-16(22)9-14(4)20/h12H,3,7-11H2,1-2,4-6H3. The van der Waals surface area contributed by atoms with Crippen LogP contribution in [0.25, 0.3) is 0 Å². The number of carbonyl (C=O) groups excluding carboxylic acids is 5. The lowest BCUT2D eigenvalue weighted by Crippen LogP contribution is -2.43. The van der Waals surface area contributed by atoms with Gasteiger partial charge in [0.2, 0.25) is 0 Å². The summed E-state index contributed by atoms with van der Waals surface area (Å²) in [6.45, 7) is 9.59. The molecule has 0 fully saturated rings. The normalized spacial score (nSPS) is 12.7. The Bertz CT molecular complexity index is 605. The van der Waals surface area contributed by atoms with E-state index in [0.29, 0.717) is 0 Å². The van der Waals surface area contributed by atoms with Crippen molar-refractivity contribution < 1.29 is 38.2 Å². The van der Waals surface area contributed by atoms with E-state index in [1.807, 2.05) is 0 Å². The van der Waals surface area contributed by atoms with E-state index in [1.165, 1.54) is 21.0 Å². The minimum atomic E-state index is -1.23. The van der Waals surface area contributed by atoms with E-state index in [1.54, 1.807) is 13.8 Å². The van der Waals surface area contributed by atoms with Crippen molar-refractivity contribution in [3.05, 3.63) is 12.2 Å². The summed E-state index contributed by atoms with van der Waals surface area (Å²) < 4.78 is 15.2. The molecule has 1 atom stereocenters. The number of rotatable bonds is 12. The maximum Gasteiger partial charge on any atom is 0.333 e. The van der Waals surface area contributed by atoms with E-state index in [0.717, 1.165) is 0 Å². The van der Waals surface area contributed by atoms with Gasteiger partial charge >= 0.3 is 17.9 Å². The van der Waals surface area contributed by atoms with E-state index in [9.17, 15) is 24.0 Å². The van der Waals surface area contributed by atoms with E-state index < -0.39 is 29.9 Å². The minimum absolute atomic E-state index is 0.0504. The molecule has 0 amide bonds. The van der Waals surface area contributed by atoms with Gasteiger partial charge in [0.05, 0.1) is 13.7 Å². The second kappa shape index (κ2) is 11.3. The summed E-state index contributed by atoms with van der Waals surface area (Å²) in [6.07, 6.45) is -0.754. The number of ether oxygens (including phenoxy) is 3. The number of hydrogen-bond acceptors (Lipinski definition) is 8. The highest BCUT2D eigenvalue weighted by Gasteiger charge is 2.40. The van der Waals surface area contributed by atoms with Crippen LogP contribution >= 0.6 is 0 Å². The SMILES string of the molecule is C=C(CC(CCOC(=O)CC(C)=O)(OC(=O)CC(C)=O)C(C)C)C(=O)OC. The van der Waals surface area contributed by atoms with Gasteiger partial charge in [0.15, 0.2) is 0 Å². The minimum Gasteiger partial charge on any atom is -0.466 e. The van der Waals surface area contributed by atoms with E-state index in [2.05, 4.69) is 11.3 Å². The largest absolute Gasteiger partial charge is 0.466 e. The van der Waals surface area contributed by atoms with Crippen LogP contribution in [-0.2, 0) is 38.2 Å². The molecule has 0 aromatic carbocycles. The average Bonchev–Trinajstić information content (AvgIpc) is 2.51. The summed E-state index contributed by atoms with van der Waals surface area (Å²) in [5.74, 6) is -3.08. The Labute approximate surface area is 159 Å². The maximum absolute atomic E-state index is 12.1. The molecule has 0 saturated heterocycles. The van der Waals surface area contributed by atoms with E-state index in [4.69, 9.17) is 9.47 Å². The van der Waals surface area contributed by atoms with Crippen LogP contribution in [0.15, 0.2) is 12.2 Å². The Morgan fingerprint density at radius 3 is 1.93 bits per heavy atom. The lowest BCUT2D eigenvalue weighted by molar-refractivity contribution is -0.170. The number of hydrogen-bond donors (Lipinski definition) is 0. The third kappa shape index (κ3) is 9.12. The fourth-order valence-electron chi connectivity index (χ4n) is 2.42. The highest BCUT2D eigenvalue weighted by molar-refractivity contribution is 5.94. The van der Waals surface area contributed by atoms with Crippen molar-refractivity contribution in [2.24, 2.45) is 5.92 Å². The van der Waals surface area contributed by atoms with Gasteiger partial charge in [-0.3, -0.25) is 19.2 Å². The highest BCUT2D eigenvalue weighted by Crippen LogP contribution is 2.33. The molecule has 0 radical (unpaired) electrons. The summed E-state index contributed by atoms with van der Waals surface area (Å²) in [5.41, 5.74) is -1.15. The van der Waals surface area contributed by atoms with E-state index >= 15 is 0 Å². The first-order valence-corrected chi connectivity index (χ1v) is 8.56. The Hall–Kier alpha value is -2.51. The Morgan fingerprint density at radius 2 is 1.48 bits per heavy atom. The molecule has 0 saturated carbocycles. The number of Topliss-reactive ketones (excluding diaryl/α,β-unsaturated/α-hetero) is 2. The van der Waals surface area contributed by atoms with Crippen LogP contribution in [0.3, 0.4) is 0 Å². The maximum atomic E-state index is 12.1.